The maximum absolute atomic E-state index is 11.7. The first-order valence-corrected chi connectivity index (χ1v) is 11.4. The standard InChI is InChI=1S/C23H44O4/c1-4-6-8-10-12-16-22(24)26-19-14-15-21(3)18-20-27-23(25)17-13-11-9-7-5-2/h21H,4-20H2,1-3H3. The lowest BCUT2D eigenvalue weighted by molar-refractivity contribution is -0.145. The van der Waals surface area contributed by atoms with E-state index in [0.29, 0.717) is 32.0 Å². The molecule has 0 saturated carbocycles. The summed E-state index contributed by atoms with van der Waals surface area (Å²) >= 11 is 0. The molecular weight excluding hydrogens is 340 g/mol. The molecule has 0 spiro atoms. The van der Waals surface area contributed by atoms with E-state index in [1.807, 2.05) is 0 Å². The van der Waals surface area contributed by atoms with E-state index >= 15 is 0 Å². The minimum absolute atomic E-state index is 0.0629. The number of rotatable bonds is 19. The fourth-order valence-electron chi connectivity index (χ4n) is 3.03. The highest BCUT2D eigenvalue weighted by atomic mass is 16.5. The van der Waals surface area contributed by atoms with Crippen LogP contribution in [0.4, 0.5) is 0 Å². The molecule has 0 bridgehead atoms. The summed E-state index contributed by atoms with van der Waals surface area (Å²) in [5.41, 5.74) is 0. The van der Waals surface area contributed by atoms with Gasteiger partial charge < -0.3 is 9.47 Å². The zero-order chi connectivity index (χ0) is 20.2. The first-order valence-electron chi connectivity index (χ1n) is 11.4. The molecule has 0 aromatic rings. The maximum Gasteiger partial charge on any atom is 0.305 e. The Morgan fingerprint density at radius 2 is 1.11 bits per heavy atom. The third-order valence-electron chi connectivity index (χ3n) is 4.95. The summed E-state index contributed by atoms with van der Waals surface area (Å²) in [6, 6.07) is 0. The Balaban J connectivity index is 3.44. The van der Waals surface area contributed by atoms with Crippen LogP contribution in [0.1, 0.15) is 117 Å². The molecule has 0 radical (unpaired) electrons. The number of hydrogen-bond donors (Lipinski definition) is 0. The summed E-state index contributed by atoms with van der Waals surface area (Å²) in [6.07, 6.45) is 15.4. The van der Waals surface area contributed by atoms with Gasteiger partial charge in [0.15, 0.2) is 0 Å². The number of carbonyl (C=O) groups excluding carboxylic acids is 2. The van der Waals surface area contributed by atoms with Crippen LogP contribution in [0.15, 0.2) is 0 Å². The van der Waals surface area contributed by atoms with E-state index in [0.717, 1.165) is 44.9 Å². The van der Waals surface area contributed by atoms with Crippen LogP contribution in [0.2, 0.25) is 0 Å². The average molecular weight is 385 g/mol. The molecule has 0 rings (SSSR count). The molecule has 0 aliphatic rings. The highest BCUT2D eigenvalue weighted by molar-refractivity contribution is 5.69. The number of unbranched alkanes of at least 4 members (excludes halogenated alkanes) is 8. The molecule has 4 nitrogen and oxygen atoms in total. The first-order chi connectivity index (χ1) is 13.1. The topological polar surface area (TPSA) is 52.6 Å². The monoisotopic (exact) mass is 384 g/mol. The van der Waals surface area contributed by atoms with E-state index in [1.54, 1.807) is 0 Å². The number of ether oxygens (including phenoxy) is 2. The van der Waals surface area contributed by atoms with E-state index in [2.05, 4.69) is 20.8 Å². The summed E-state index contributed by atoms with van der Waals surface area (Å²) < 4.78 is 10.6. The highest BCUT2D eigenvalue weighted by Gasteiger charge is 2.07. The van der Waals surface area contributed by atoms with E-state index < -0.39 is 0 Å². The molecule has 0 fully saturated rings. The molecule has 0 aliphatic carbocycles. The van der Waals surface area contributed by atoms with Crippen LogP contribution in [0.25, 0.3) is 0 Å². The van der Waals surface area contributed by atoms with Gasteiger partial charge in [-0.2, -0.15) is 0 Å². The Morgan fingerprint density at radius 3 is 1.63 bits per heavy atom. The van der Waals surface area contributed by atoms with Crippen molar-refractivity contribution in [2.45, 2.75) is 117 Å². The Hall–Kier alpha value is -1.06. The minimum Gasteiger partial charge on any atom is -0.466 e. The molecule has 0 aromatic carbocycles. The highest BCUT2D eigenvalue weighted by Crippen LogP contribution is 2.12. The summed E-state index contributed by atoms with van der Waals surface area (Å²) in [7, 11) is 0. The van der Waals surface area contributed by atoms with Crippen molar-refractivity contribution in [3.8, 4) is 0 Å². The predicted molar refractivity (Wildman–Crippen MR) is 112 cm³/mol. The van der Waals surface area contributed by atoms with Gasteiger partial charge in [0.25, 0.3) is 0 Å². The summed E-state index contributed by atoms with van der Waals surface area (Å²) in [5, 5.41) is 0. The van der Waals surface area contributed by atoms with Gasteiger partial charge in [-0.05, 0) is 38.0 Å². The zero-order valence-electron chi connectivity index (χ0n) is 18.2. The van der Waals surface area contributed by atoms with E-state index in [1.165, 1.54) is 38.5 Å². The molecule has 0 amide bonds. The molecule has 0 N–H and O–H groups in total. The SMILES string of the molecule is CCCCCCCC(=O)OCCCC(C)CCOC(=O)CCCCCCC. The maximum atomic E-state index is 11.7. The second-order valence-corrected chi connectivity index (χ2v) is 7.81. The fourth-order valence-corrected chi connectivity index (χ4v) is 3.03. The third kappa shape index (κ3) is 19.5. The van der Waals surface area contributed by atoms with Crippen molar-refractivity contribution in [2.24, 2.45) is 5.92 Å². The smallest absolute Gasteiger partial charge is 0.305 e. The van der Waals surface area contributed by atoms with Gasteiger partial charge in [-0.1, -0.05) is 72.1 Å². The van der Waals surface area contributed by atoms with Gasteiger partial charge in [-0.25, -0.2) is 0 Å². The Morgan fingerprint density at radius 1 is 0.630 bits per heavy atom. The van der Waals surface area contributed by atoms with Crippen molar-refractivity contribution in [2.75, 3.05) is 13.2 Å². The minimum atomic E-state index is -0.0634. The molecule has 0 aromatic heterocycles. The molecule has 4 heteroatoms. The lowest BCUT2D eigenvalue weighted by Crippen LogP contribution is -2.10. The van der Waals surface area contributed by atoms with Crippen molar-refractivity contribution in [3.63, 3.8) is 0 Å². The summed E-state index contributed by atoms with van der Waals surface area (Å²) in [6.45, 7) is 7.56. The van der Waals surface area contributed by atoms with Crippen LogP contribution in [0.5, 0.6) is 0 Å². The first kappa shape index (κ1) is 25.9. The van der Waals surface area contributed by atoms with E-state index in [-0.39, 0.29) is 11.9 Å². The second-order valence-electron chi connectivity index (χ2n) is 7.81. The van der Waals surface area contributed by atoms with Crippen molar-refractivity contribution < 1.29 is 19.1 Å². The number of hydrogen-bond acceptors (Lipinski definition) is 4. The van der Waals surface area contributed by atoms with Crippen LogP contribution in [0, 0.1) is 5.92 Å². The number of carbonyl (C=O) groups is 2. The van der Waals surface area contributed by atoms with Crippen molar-refractivity contribution in [1.82, 2.24) is 0 Å². The fraction of sp³-hybridized carbons (Fsp3) is 0.913. The van der Waals surface area contributed by atoms with Crippen LogP contribution < -0.4 is 0 Å². The van der Waals surface area contributed by atoms with Crippen LogP contribution in [-0.4, -0.2) is 25.2 Å². The molecule has 0 aliphatic heterocycles. The molecule has 0 saturated heterocycles. The molecular formula is C23H44O4. The lowest BCUT2D eigenvalue weighted by Gasteiger charge is -2.12. The molecule has 1 atom stereocenters. The molecule has 0 heterocycles. The van der Waals surface area contributed by atoms with Gasteiger partial charge in [0, 0.05) is 12.8 Å². The van der Waals surface area contributed by atoms with Crippen LogP contribution in [-0.2, 0) is 19.1 Å². The van der Waals surface area contributed by atoms with Crippen molar-refractivity contribution >= 4 is 11.9 Å². The van der Waals surface area contributed by atoms with Gasteiger partial charge in [0.2, 0.25) is 0 Å². The van der Waals surface area contributed by atoms with Crippen molar-refractivity contribution in [1.29, 1.82) is 0 Å². The Bertz CT molecular complexity index is 354. The van der Waals surface area contributed by atoms with Gasteiger partial charge >= 0.3 is 11.9 Å². The quantitative estimate of drug-likeness (QED) is 0.186. The van der Waals surface area contributed by atoms with Crippen LogP contribution >= 0.6 is 0 Å². The second kappa shape index (κ2) is 19.7. The van der Waals surface area contributed by atoms with Crippen LogP contribution in [0.3, 0.4) is 0 Å². The van der Waals surface area contributed by atoms with Crippen molar-refractivity contribution in [3.05, 3.63) is 0 Å². The molecule has 160 valence electrons. The predicted octanol–water partition coefficient (Wildman–Crippen LogP) is 6.60. The van der Waals surface area contributed by atoms with Gasteiger partial charge in [-0.3, -0.25) is 9.59 Å². The summed E-state index contributed by atoms with van der Waals surface area (Å²) in [5.74, 6) is 0.355. The lowest BCUT2D eigenvalue weighted by atomic mass is 10.0. The van der Waals surface area contributed by atoms with Gasteiger partial charge in [-0.15, -0.1) is 0 Å². The normalized spacial score (nSPS) is 12.0. The molecule has 27 heavy (non-hydrogen) atoms. The van der Waals surface area contributed by atoms with E-state index in [4.69, 9.17) is 9.47 Å². The van der Waals surface area contributed by atoms with Gasteiger partial charge in [0.1, 0.15) is 0 Å². The Kier molecular flexibility index (Phi) is 18.9. The van der Waals surface area contributed by atoms with Gasteiger partial charge in [0.05, 0.1) is 13.2 Å². The Labute approximate surface area is 167 Å². The average Bonchev–Trinajstić information content (AvgIpc) is 2.65. The number of esters is 2. The largest absolute Gasteiger partial charge is 0.466 e. The summed E-state index contributed by atoms with van der Waals surface area (Å²) in [4.78, 5) is 23.3. The third-order valence-corrected chi connectivity index (χ3v) is 4.95. The molecule has 1 unspecified atom stereocenters. The zero-order valence-corrected chi connectivity index (χ0v) is 18.2. The van der Waals surface area contributed by atoms with E-state index in [9.17, 15) is 9.59 Å².